The quantitative estimate of drug-likeness (QED) is 0.646. The number of halogens is 2. The van der Waals surface area contributed by atoms with E-state index in [0.29, 0.717) is 31.7 Å². The van der Waals surface area contributed by atoms with Gasteiger partial charge in [0.05, 0.1) is 16.3 Å². The second-order valence-electron chi connectivity index (χ2n) is 7.58. The van der Waals surface area contributed by atoms with Crippen LogP contribution in [0, 0.1) is 5.82 Å². The molecule has 0 spiro atoms. The van der Waals surface area contributed by atoms with E-state index in [1.54, 1.807) is 11.1 Å². The van der Waals surface area contributed by atoms with Gasteiger partial charge in [0.1, 0.15) is 11.3 Å². The van der Waals surface area contributed by atoms with Crippen LogP contribution in [0.4, 0.5) is 10.2 Å². The standard InChI is InChI=1S/C21H21ClFN5O/c22-17-13-14(23)5-6-15(17)21(29)27-11-9-26(10-12-27)20-19-16-3-1-2-4-18(16)25-28(19)8-7-24-20/h5-8,13H,1-4,9-12H2. The van der Waals surface area contributed by atoms with E-state index in [1.807, 2.05) is 10.7 Å². The lowest BCUT2D eigenvalue weighted by Crippen LogP contribution is -2.49. The summed E-state index contributed by atoms with van der Waals surface area (Å²) in [7, 11) is 0. The third-order valence-corrected chi connectivity index (χ3v) is 6.14. The average molecular weight is 414 g/mol. The normalized spacial score (nSPS) is 16.9. The molecule has 1 aliphatic heterocycles. The lowest BCUT2D eigenvalue weighted by atomic mass is 9.97. The third kappa shape index (κ3) is 3.23. The highest BCUT2D eigenvalue weighted by atomic mass is 35.5. The summed E-state index contributed by atoms with van der Waals surface area (Å²) in [5, 5.41) is 4.90. The predicted octanol–water partition coefficient (Wildman–Crippen LogP) is 3.36. The number of benzene rings is 1. The fraction of sp³-hybridized carbons (Fsp3) is 0.381. The zero-order valence-electron chi connectivity index (χ0n) is 15.9. The van der Waals surface area contributed by atoms with Crippen molar-refractivity contribution in [2.45, 2.75) is 25.7 Å². The molecule has 1 aliphatic carbocycles. The molecule has 0 saturated carbocycles. The minimum atomic E-state index is -0.445. The molecule has 2 aliphatic rings. The van der Waals surface area contributed by atoms with E-state index in [0.717, 1.165) is 24.2 Å². The van der Waals surface area contributed by atoms with Gasteiger partial charge in [0.25, 0.3) is 5.91 Å². The molecule has 29 heavy (non-hydrogen) atoms. The number of hydrogen-bond acceptors (Lipinski definition) is 4. The summed E-state index contributed by atoms with van der Waals surface area (Å²) in [5.74, 6) is 0.331. The first-order valence-electron chi connectivity index (χ1n) is 9.96. The largest absolute Gasteiger partial charge is 0.351 e. The second kappa shape index (κ2) is 7.30. The lowest BCUT2D eigenvalue weighted by molar-refractivity contribution is 0.0746. The number of piperazine rings is 1. The summed E-state index contributed by atoms with van der Waals surface area (Å²) >= 11 is 6.07. The molecule has 2 aromatic heterocycles. The maximum atomic E-state index is 13.3. The number of aryl methyl sites for hydroxylation is 2. The van der Waals surface area contributed by atoms with Gasteiger partial charge in [-0.3, -0.25) is 4.79 Å². The van der Waals surface area contributed by atoms with E-state index in [9.17, 15) is 9.18 Å². The first kappa shape index (κ1) is 18.4. The summed E-state index contributed by atoms with van der Waals surface area (Å²) in [6.07, 6.45) is 8.13. The van der Waals surface area contributed by atoms with Crippen LogP contribution in [0.2, 0.25) is 5.02 Å². The van der Waals surface area contributed by atoms with Gasteiger partial charge in [0.2, 0.25) is 0 Å². The Bertz CT molecular complexity index is 1090. The minimum absolute atomic E-state index is 0.148. The Morgan fingerprint density at radius 2 is 1.90 bits per heavy atom. The van der Waals surface area contributed by atoms with Crippen LogP contribution in [0.3, 0.4) is 0 Å². The molecule has 1 aromatic carbocycles. The summed E-state index contributed by atoms with van der Waals surface area (Å²) < 4.78 is 15.2. The molecule has 1 saturated heterocycles. The molecule has 150 valence electrons. The van der Waals surface area contributed by atoms with Gasteiger partial charge in [-0.2, -0.15) is 5.10 Å². The van der Waals surface area contributed by atoms with Gasteiger partial charge in [-0.05, 0) is 43.9 Å². The highest BCUT2D eigenvalue weighted by Crippen LogP contribution is 2.30. The number of fused-ring (bicyclic) bond motifs is 3. The molecule has 3 heterocycles. The molecule has 0 N–H and O–H groups in total. The van der Waals surface area contributed by atoms with Crippen molar-refractivity contribution in [2.75, 3.05) is 31.1 Å². The summed E-state index contributed by atoms with van der Waals surface area (Å²) in [6, 6.07) is 3.90. The van der Waals surface area contributed by atoms with Crippen LogP contribution >= 0.6 is 11.6 Å². The first-order valence-corrected chi connectivity index (χ1v) is 10.3. The number of carbonyl (C=O) groups excluding carboxylic acids is 1. The Labute approximate surface area is 172 Å². The van der Waals surface area contributed by atoms with Crippen LogP contribution in [0.5, 0.6) is 0 Å². The van der Waals surface area contributed by atoms with E-state index in [2.05, 4.69) is 9.88 Å². The van der Waals surface area contributed by atoms with Crippen molar-refractivity contribution in [3.8, 4) is 0 Å². The number of rotatable bonds is 2. The van der Waals surface area contributed by atoms with E-state index in [4.69, 9.17) is 16.7 Å². The SMILES string of the molecule is O=C(c1ccc(F)cc1Cl)N1CCN(c2nccn3nc4c(c23)CCCC4)CC1. The Morgan fingerprint density at radius 1 is 1.10 bits per heavy atom. The van der Waals surface area contributed by atoms with Crippen molar-refractivity contribution < 1.29 is 9.18 Å². The Hall–Kier alpha value is -2.67. The summed E-state index contributed by atoms with van der Waals surface area (Å²) in [5.41, 5.74) is 3.94. The first-order chi connectivity index (χ1) is 14.1. The number of nitrogens with zero attached hydrogens (tertiary/aromatic N) is 5. The molecule has 3 aromatic rings. The zero-order chi connectivity index (χ0) is 20.0. The Balaban J connectivity index is 1.37. The van der Waals surface area contributed by atoms with Crippen molar-refractivity contribution in [2.24, 2.45) is 0 Å². The van der Waals surface area contributed by atoms with Gasteiger partial charge in [0.15, 0.2) is 5.82 Å². The maximum Gasteiger partial charge on any atom is 0.255 e. The number of anilines is 1. The number of hydrogen-bond donors (Lipinski definition) is 0. The van der Waals surface area contributed by atoms with E-state index >= 15 is 0 Å². The van der Waals surface area contributed by atoms with Gasteiger partial charge in [-0.25, -0.2) is 13.9 Å². The molecule has 1 fully saturated rings. The monoisotopic (exact) mass is 413 g/mol. The fourth-order valence-electron chi connectivity index (χ4n) is 4.33. The number of amides is 1. The molecule has 1 amide bonds. The van der Waals surface area contributed by atoms with Gasteiger partial charge in [-0.1, -0.05) is 11.6 Å². The number of carbonyl (C=O) groups is 1. The highest BCUT2D eigenvalue weighted by molar-refractivity contribution is 6.33. The Morgan fingerprint density at radius 3 is 2.69 bits per heavy atom. The van der Waals surface area contributed by atoms with Crippen LogP contribution in [0.25, 0.3) is 5.52 Å². The highest BCUT2D eigenvalue weighted by Gasteiger charge is 2.27. The van der Waals surface area contributed by atoms with Crippen LogP contribution < -0.4 is 4.90 Å². The molecular weight excluding hydrogens is 393 g/mol. The predicted molar refractivity (Wildman–Crippen MR) is 109 cm³/mol. The molecule has 8 heteroatoms. The zero-order valence-corrected chi connectivity index (χ0v) is 16.7. The fourth-order valence-corrected chi connectivity index (χ4v) is 4.58. The van der Waals surface area contributed by atoms with E-state index in [-0.39, 0.29) is 10.9 Å². The maximum absolute atomic E-state index is 13.3. The second-order valence-corrected chi connectivity index (χ2v) is 7.99. The van der Waals surface area contributed by atoms with Gasteiger partial charge < -0.3 is 9.80 Å². The smallest absolute Gasteiger partial charge is 0.255 e. The lowest BCUT2D eigenvalue weighted by Gasteiger charge is -2.35. The van der Waals surface area contributed by atoms with Crippen LogP contribution in [0.1, 0.15) is 34.5 Å². The van der Waals surface area contributed by atoms with Crippen molar-refractivity contribution in [3.05, 3.63) is 58.3 Å². The Kier molecular flexibility index (Phi) is 4.62. The topological polar surface area (TPSA) is 53.7 Å². The molecule has 0 radical (unpaired) electrons. The van der Waals surface area contributed by atoms with Crippen molar-refractivity contribution >= 4 is 28.8 Å². The molecule has 0 atom stereocenters. The van der Waals surface area contributed by atoms with Crippen molar-refractivity contribution in [1.82, 2.24) is 19.5 Å². The van der Waals surface area contributed by atoms with Gasteiger partial charge in [0, 0.05) is 44.1 Å². The molecule has 0 unspecified atom stereocenters. The van der Waals surface area contributed by atoms with Crippen LogP contribution in [-0.2, 0) is 12.8 Å². The van der Waals surface area contributed by atoms with Crippen molar-refractivity contribution in [1.29, 1.82) is 0 Å². The average Bonchev–Trinajstić information content (AvgIpc) is 3.12. The van der Waals surface area contributed by atoms with Crippen LogP contribution in [0.15, 0.2) is 30.6 Å². The van der Waals surface area contributed by atoms with E-state index < -0.39 is 5.82 Å². The van der Waals surface area contributed by atoms with E-state index in [1.165, 1.54) is 42.3 Å². The van der Waals surface area contributed by atoms with Gasteiger partial charge in [-0.15, -0.1) is 0 Å². The molecule has 0 bridgehead atoms. The minimum Gasteiger partial charge on any atom is -0.351 e. The molecule has 6 nitrogen and oxygen atoms in total. The number of aromatic nitrogens is 3. The van der Waals surface area contributed by atoms with Crippen LogP contribution in [-0.4, -0.2) is 51.6 Å². The summed E-state index contributed by atoms with van der Waals surface area (Å²) in [4.78, 5) is 21.5. The molecule has 5 rings (SSSR count). The van der Waals surface area contributed by atoms with Gasteiger partial charge >= 0.3 is 0 Å². The third-order valence-electron chi connectivity index (χ3n) is 5.83. The summed E-state index contributed by atoms with van der Waals surface area (Å²) in [6.45, 7) is 2.48. The molecular formula is C21H21ClFN5O. The van der Waals surface area contributed by atoms with Crippen molar-refractivity contribution in [3.63, 3.8) is 0 Å².